The smallest absolute Gasteiger partial charge is 0 e. The standard InChI is InChI=1S/C15H14Cl2N4O4.C15H13Cl2N3O.C11H14ClNO2.C6H6ClN.C5H9BrO2.C4HCl2N3O2.C3H11O4P.C2H4O2.Fe.H2I3.H2I2.H2I.HI.V.2H/c1-3-11(14(22)25-2)20(10-6-4-9(16)5-7-10)13-12(21(23)24)8-18-15(17)19-13;1-2-12-13(21)7-9-8-18-15(17)19-14(9)20(12)11-5-3-10(16)4-6-11;1-2-10(11(15)7-14)13-9-5-3-8(12)4-6-9;7-5-1-3-6(8)4-2-5;1-3-4(6)5(7)8-2;5-3-2(9(10)11)1-7-4(6)8-3;1-8(2,3,6-4)7-5;1-2(3)4;;1-3-2;1-2;;;;;/h4-8,11H,3H2,1-2H3;3-6,8,12H,2,7H2,1H3;3-6,10,13-14H,2,7H2,1H3;1-4H,8H2;4H,3H2,1-2H3;1H;4-5H,1-3H3;1H3,(H,3,4);;1,3H;1H2;1H2;1H;;;/q;;;;;;;;;-1;;-1;;+1;;/p-1/i;;;;;;;;;1T,3T;2*1T2;;;2*1+2. The molecule has 0 amide bonds. The summed E-state index contributed by atoms with van der Waals surface area (Å²) < 4.78 is 68.1. The molecule has 4 unspecified atom stereocenters. The summed E-state index contributed by atoms with van der Waals surface area (Å²) in [4.78, 5) is 101. The number of alkyl halides is 1. The Morgan fingerprint density at radius 3 is 1.60 bits per heavy atom. The first-order valence-electron chi connectivity index (χ1n) is 32.6. The van der Waals surface area contributed by atoms with Crippen molar-refractivity contribution >= 4 is 280 Å². The van der Waals surface area contributed by atoms with Crippen LogP contribution in [-0.4, -0.2) is 159 Å². The predicted octanol–water partition coefficient (Wildman–Crippen LogP) is 12.3. The zero-order valence-corrected chi connectivity index (χ0v) is 84.6. The van der Waals surface area contributed by atoms with E-state index in [0.717, 1.165) is 53.4 Å². The molecule has 0 fully saturated rings. The molecule has 0 aliphatic carbocycles. The molecule has 4 aromatic carbocycles. The number of rotatable bonds is 19. The van der Waals surface area contributed by atoms with Crippen LogP contribution in [0.5, 0.6) is 0 Å². The van der Waals surface area contributed by atoms with Gasteiger partial charge < -0.3 is 40.5 Å². The molecule has 4 atom stereocenters. The number of benzene rings is 4. The molecule has 3 aromatic heterocycles. The SMILES string of the molecule is CC(=O)O.CCC(Br)C(=O)OC.CCC(C(=O)OC)N(c1ccc(Cl)cc1)c1nc(Cl)ncc1[N+](=O)[O-].CCC(Nc1ccc(Cl)cc1)C(=O)CO.CCC1C(=O)Cc2cnc(Cl)nc2N1c1ccc(Cl)cc1.CP(C)(C)(OO)OO.Nc1ccc(Cl)cc1.O=[N+]([O-])c1cnc(Cl)nc1Cl.[3H]I([3H])I.[3H][I-]I([3H])I.[3H][I-][3H].[3H][V]([3H])[I].[Fe]. The number of Topliss-reactive ketones (excluding diaryl/α,β-unsaturated/α-hetero) is 2. The Balaban J connectivity index is -0.000000414. The molecule has 0 saturated heterocycles. The van der Waals surface area contributed by atoms with E-state index in [4.69, 9.17) is 134 Å². The summed E-state index contributed by atoms with van der Waals surface area (Å²) in [7, 11) is -0.366. The first-order valence-corrected chi connectivity index (χ1v) is 60.2. The van der Waals surface area contributed by atoms with Gasteiger partial charge in [0.05, 0.1) is 36.1 Å². The zero-order chi connectivity index (χ0) is 90.4. The minimum absolute atomic E-state index is 0. The van der Waals surface area contributed by atoms with Gasteiger partial charge in [0, 0.05) is 85.0 Å². The van der Waals surface area contributed by atoms with Crippen molar-refractivity contribution in [1.82, 2.24) is 29.9 Å². The maximum Gasteiger partial charge on any atom is 0 e. The van der Waals surface area contributed by atoms with Gasteiger partial charge in [-0.15, -0.1) is 0 Å². The Morgan fingerprint density at radius 1 is 0.826 bits per heavy atom. The minimum Gasteiger partial charge on any atom is 0 e. The summed E-state index contributed by atoms with van der Waals surface area (Å²) in [5.41, 5.74) is 8.34. The monoisotopic (exact) mass is 2650 g/mol. The number of nitrogens with zero attached hydrogens (tertiary/aromatic N) is 10. The van der Waals surface area contributed by atoms with Crippen LogP contribution in [0.25, 0.3) is 0 Å². The van der Waals surface area contributed by atoms with Crippen molar-refractivity contribution in [3.05, 3.63) is 183 Å². The van der Waals surface area contributed by atoms with E-state index in [2.05, 4.69) is 83.9 Å². The summed E-state index contributed by atoms with van der Waals surface area (Å²) in [6.07, 6.45) is 6.34. The number of hydrogen-bond acceptors (Lipinski definition) is 26. The molecule has 0 radical (unpaired) electrons. The van der Waals surface area contributed by atoms with Crippen LogP contribution in [0.15, 0.2) is 116 Å². The van der Waals surface area contributed by atoms with E-state index in [1.165, 1.54) is 39.1 Å². The average Bonchev–Trinajstić information content (AvgIpc) is 0.778. The number of fused-ring (bicyclic) bond motifs is 1. The van der Waals surface area contributed by atoms with Gasteiger partial charge in [0.1, 0.15) is 35.7 Å². The number of ether oxygens (including phenoxy) is 2. The largest absolute Gasteiger partial charge is 0 e. The molecule has 7 aromatic rings. The van der Waals surface area contributed by atoms with Crippen molar-refractivity contribution in [2.45, 2.75) is 89.7 Å². The number of nitrogen functional groups attached to an aromatic ring is 1. The molecule has 1 aliphatic rings. The van der Waals surface area contributed by atoms with Crippen LogP contribution in [0.2, 0.25) is 41.1 Å². The Hall–Kier alpha value is -0.886. The van der Waals surface area contributed by atoms with Gasteiger partial charge in [-0.2, -0.15) is 15.0 Å². The van der Waals surface area contributed by atoms with Crippen molar-refractivity contribution in [3.8, 4) is 0 Å². The molecule has 0 saturated carbocycles. The number of nitrogens with one attached hydrogen (secondary N) is 1. The second kappa shape index (κ2) is 65.1. The molecule has 48 heteroatoms. The molecule has 8 rings (SSSR count). The third kappa shape index (κ3) is 48.6. The fourth-order valence-electron chi connectivity index (χ4n) is 7.41. The van der Waals surface area contributed by atoms with E-state index < -0.39 is 128 Å². The number of methoxy groups -OCH3 is 2. The van der Waals surface area contributed by atoms with E-state index in [1.54, 1.807) is 98.0 Å². The Labute approximate surface area is 784 Å². The van der Waals surface area contributed by atoms with Crippen LogP contribution >= 0.6 is 204 Å². The molecule has 109 heavy (non-hydrogen) atoms. The van der Waals surface area contributed by atoms with E-state index in [1.807, 2.05) is 76.4 Å². The molecule has 618 valence electrons. The topological polar surface area (TPSA) is 411 Å². The van der Waals surface area contributed by atoms with Crippen LogP contribution in [0, 0.1) is 20.2 Å². The van der Waals surface area contributed by atoms with Crippen LogP contribution < -0.4 is 62.8 Å². The number of halogens is 16. The number of nitro groups is 2. The van der Waals surface area contributed by atoms with E-state index >= 15 is 0 Å². The molecule has 29 nitrogen and oxygen atoms in total. The van der Waals surface area contributed by atoms with Gasteiger partial charge in [-0.05, 0) is 158 Å². The fraction of sp³-hybridized carbons (Fsp3) is 0.328. The van der Waals surface area contributed by atoms with Gasteiger partial charge in [-0.25, -0.2) is 19.7 Å². The van der Waals surface area contributed by atoms with Crippen molar-refractivity contribution in [2.75, 3.05) is 61.7 Å². The number of carbonyl (C=O) groups is 5. The number of ketones is 2. The average molecular weight is 2660 g/mol. The van der Waals surface area contributed by atoms with Crippen LogP contribution in [0.3, 0.4) is 0 Å². The number of anilines is 6. The van der Waals surface area contributed by atoms with Crippen LogP contribution in [0.1, 0.15) is 65.9 Å². The van der Waals surface area contributed by atoms with Gasteiger partial charge in [0.2, 0.25) is 26.8 Å². The third-order valence-corrected chi connectivity index (χ3v) is 16.2. The number of carboxylic acids is 1. The van der Waals surface area contributed by atoms with Gasteiger partial charge in [0.25, 0.3) is 5.97 Å². The van der Waals surface area contributed by atoms with Crippen molar-refractivity contribution in [3.63, 3.8) is 0 Å². The fourth-order valence-corrected chi connectivity index (χ4v) is 8.77. The maximum atomic E-state index is 12.4. The molecule has 4 heterocycles. The van der Waals surface area contributed by atoms with Crippen molar-refractivity contribution < 1.29 is 146 Å². The molecular formula is C61H80BrCl8FeI7N12O17PV-2. The van der Waals surface area contributed by atoms with Gasteiger partial charge >= 0.3 is 220 Å². The number of aliphatic carboxylic acids is 1. The van der Waals surface area contributed by atoms with Gasteiger partial charge in [-0.3, -0.25) is 39.4 Å². The maximum absolute atomic E-state index is 12.4. The summed E-state index contributed by atoms with van der Waals surface area (Å²) in [6, 6.07) is 26.5. The predicted molar refractivity (Wildman–Crippen MR) is 474 cm³/mol. The summed E-state index contributed by atoms with van der Waals surface area (Å²) in [5.74, 6) is -1.05. The minimum atomic E-state index is -2.99. The second-order valence-corrected chi connectivity index (χ2v) is 46.6. The Kier molecular flexibility index (Phi) is 60.0. The second-order valence-electron chi connectivity index (χ2n) is 20.8. The van der Waals surface area contributed by atoms with Crippen LogP contribution in [0.4, 0.5) is 45.8 Å². The number of aliphatic hydroxyl groups excluding tert-OH is 1. The number of hydrogen-bond donors (Lipinski definition) is 6. The normalized spacial score (nSPS) is 13.4. The quantitative estimate of drug-likeness (QED) is 0.00374. The van der Waals surface area contributed by atoms with E-state index in [-0.39, 0.29) is 89.7 Å². The summed E-state index contributed by atoms with van der Waals surface area (Å²) in [6.45, 7) is 12.7. The Morgan fingerprint density at radius 2 is 1.24 bits per heavy atom. The molecule has 7 N–H and O–H groups in total. The molecular weight excluding hydrogens is 2560 g/mol. The number of esters is 2. The first kappa shape index (κ1) is 100. The third-order valence-electron chi connectivity index (χ3n) is 12.3. The number of nitrogens with two attached hydrogens (primary N) is 1. The zero-order valence-electron chi connectivity index (χ0n) is 66.5. The van der Waals surface area contributed by atoms with E-state index in [9.17, 15) is 39.4 Å². The Bertz CT molecular complexity index is 4030. The number of aromatic nitrogens is 6. The molecule has 0 bridgehead atoms. The van der Waals surface area contributed by atoms with Gasteiger partial charge in [-0.1, -0.05) is 102 Å². The first-order chi connectivity index (χ1) is 54.0. The van der Waals surface area contributed by atoms with E-state index in [0.29, 0.717) is 52.3 Å². The molecule has 1 aliphatic heterocycles. The summed E-state index contributed by atoms with van der Waals surface area (Å²) >= 11 is 48.3. The number of carbonyl (C=O) groups excluding carboxylic acids is 4. The van der Waals surface area contributed by atoms with Crippen molar-refractivity contribution in [2.24, 2.45) is 0 Å². The summed E-state index contributed by atoms with van der Waals surface area (Å²) in [5, 5.41) is 59.1. The number of carboxylic acid groups (broad SMARTS) is 1. The van der Waals surface area contributed by atoms with Crippen LogP contribution in [-0.2, 0) is 80.0 Å². The molecule has 0 spiro atoms. The number of aliphatic hydroxyl groups is 1. The van der Waals surface area contributed by atoms with Gasteiger partial charge in [0.15, 0.2) is 11.6 Å². The van der Waals surface area contributed by atoms with Crippen molar-refractivity contribution in [1.29, 1.82) is 5.32 Å².